The van der Waals surface area contributed by atoms with E-state index in [2.05, 4.69) is 5.48 Å². The number of para-hydroxylation sites is 1. The molecule has 0 radical (unpaired) electrons. The highest BCUT2D eigenvalue weighted by molar-refractivity contribution is 5.75. The van der Waals surface area contributed by atoms with Gasteiger partial charge in [-0.3, -0.25) is 4.79 Å². The van der Waals surface area contributed by atoms with Gasteiger partial charge in [-0.15, -0.1) is 0 Å². The Bertz CT molecular complexity index is 416. The Morgan fingerprint density at radius 2 is 2.26 bits per heavy atom. The number of hydrogen-bond acceptors (Lipinski definition) is 4. The molecule has 1 aromatic carbocycles. The summed E-state index contributed by atoms with van der Waals surface area (Å²) in [5.41, 5.74) is 3.15. The normalized spacial score (nSPS) is 19.1. The van der Waals surface area contributed by atoms with Gasteiger partial charge in [0.2, 0.25) is 5.91 Å². The molecule has 104 valence electrons. The summed E-state index contributed by atoms with van der Waals surface area (Å²) in [5.74, 6) is 0.00394. The first-order valence-corrected chi connectivity index (χ1v) is 6.58. The van der Waals surface area contributed by atoms with Gasteiger partial charge in [0.25, 0.3) is 0 Å². The molecule has 1 fully saturated rings. The molecular weight excluding hydrogens is 246 g/mol. The molecule has 0 aliphatic carbocycles. The number of nitrogens with one attached hydrogen (secondary N) is 1. The summed E-state index contributed by atoms with van der Waals surface area (Å²) < 4.78 is 5.33. The Kier molecular flexibility index (Phi) is 5.18. The summed E-state index contributed by atoms with van der Waals surface area (Å²) in [6, 6.07) is 7.00. The molecule has 0 spiro atoms. The third-order valence-electron chi connectivity index (χ3n) is 3.06. The smallest absolute Gasteiger partial charge is 0.243 e. The number of hydrogen-bond donors (Lipinski definition) is 2. The second-order valence-corrected chi connectivity index (χ2v) is 4.57. The summed E-state index contributed by atoms with van der Waals surface area (Å²) in [5, 5.41) is 9.57. The molecule has 5 heteroatoms. The van der Waals surface area contributed by atoms with Gasteiger partial charge in [-0.05, 0) is 30.9 Å². The van der Waals surface area contributed by atoms with Crippen molar-refractivity contribution in [1.29, 1.82) is 0 Å². The van der Waals surface area contributed by atoms with E-state index in [1.807, 2.05) is 6.07 Å². The average Bonchev–Trinajstić information content (AvgIpc) is 2.45. The van der Waals surface area contributed by atoms with Crippen molar-refractivity contribution in [3.8, 4) is 5.75 Å². The Hall–Kier alpha value is -1.59. The quantitative estimate of drug-likeness (QED) is 0.798. The van der Waals surface area contributed by atoms with E-state index in [1.165, 1.54) is 0 Å². The van der Waals surface area contributed by atoms with E-state index < -0.39 is 0 Å². The van der Waals surface area contributed by atoms with Gasteiger partial charge in [0.1, 0.15) is 5.75 Å². The van der Waals surface area contributed by atoms with Gasteiger partial charge < -0.3 is 9.84 Å². The van der Waals surface area contributed by atoms with Gasteiger partial charge in [0.05, 0.1) is 0 Å². The van der Waals surface area contributed by atoms with Crippen molar-refractivity contribution < 1.29 is 19.5 Å². The number of amides is 1. The van der Waals surface area contributed by atoms with Crippen LogP contribution < -0.4 is 5.48 Å². The minimum Gasteiger partial charge on any atom is -0.508 e. The SMILES string of the molecule is O=C(CCc1ccccc1O)NO[C@@H]1CCCCO1. The maximum Gasteiger partial charge on any atom is 0.243 e. The van der Waals surface area contributed by atoms with E-state index in [0.717, 1.165) is 24.8 Å². The topological polar surface area (TPSA) is 67.8 Å². The van der Waals surface area contributed by atoms with Crippen LogP contribution in [0, 0.1) is 0 Å². The van der Waals surface area contributed by atoms with Crippen LogP contribution in [-0.4, -0.2) is 23.9 Å². The number of aryl methyl sites for hydroxylation is 1. The van der Waals surface area contributed by atoms with Crippen LogP contribution in [0.2, 0.25) is 0 Å². The second kappa shape index (κ2) is 7.11. The number of phenolic OH excluding ortho intramolecular Hbond substituents is 1. The lowest BCUT2D eigenvalue weighted by molar-refractivity contribution is -0.200. The van der Waals surface area contributed by atoms with Crippen LogP contribution in [0.4, 0.5) is 0 Å². The van der Waals surface area contributed by atoms with Crippen molar-refractivity contribution in [2.75, 3.05) is 6.61 Å². The molecule has 1 aliphatic heterocycles. The highest BCUT2D eigenvalue weighted by Crippen LogP contribution is 2.17. The zero-order chi connectivity index (χ0) is 13.5. The van der Waals surface area contributed by atoms with Crippen molar-refractivity contribution >= 4 is 5.91 Å². The van der Waals surface area contributed by atoms with E-state index in [0.29, 0.717) is 13.0 Å². The minimum absolute atomic E-state index is 0.211. The van der Waals surface area contributed by atoms with E-state index in [4.69, 9.17) is 9.57 Å². The summed E-state index contributed by atoms with van der Waals surface area (Å²) in [6.07, 6.45) is 3.32. The molecule has 19 heavy (non-hydrogen) atoms. The van der Waals surface area contributed by atoms with Gasteiger partial charge >= 0.3 is 0 Å². The van der Waals surface area contributed by atoms with E-state index in [-0.39, 0.29) is 24.4 Å². The van der Waals surface area contributed by atoms with Crippen LogP contribution in [0.3, 0.4) is 0 Å². The maximum atomic E-state index is 11.6. The average molecular weight is 265 g/mol. The van der Waals surface area contributed by atoms with Crippen LogP contribution >= 0.6 is 0 Å². The third kappa shape index (κ3) is 4.54. The number of phenols is 1. The molecule has 1 aliphatic rings. The largest absolute Gasteiger partial charge is 0.508 e. The number of ether oxygens (including phenoxy) is 1. The van der Waals surface area contributed by atoms with Crippen molar-refractivity contribution in [2.24, 2.45) is 0 Å². The van der Waals surface area contributed by atoms with Crippen molar-refractivity contribution in [3.05, 3.63) is 29.8 Å². The number of carbonyl (C=O) groups is 1. The molecule has 2 rings (SSSR count). The highest BCUT2D eigenvalue weighted by atomic mass is 16.8. The first-order valence-electron chi connectivity index (χ1n) is 6.58. The molecule has 0 unspecified atom stereocenters. The van der Waals surface area contributed by atoms with E-state index in [9.17, 15) is 9.90 Å². The van der Waals surface area contributed by atoms with Crippen LogP contribution in [0.5, 0.6) is 5.75 Å². The van der Waals surface area contributed by atoms with Gasteiger partial charge in [0.15, 0.2) is 6.29 Å². The molecule has 2 N–H and O–H groups in total. The molecule has 5 nitrogen and oxygen atoms in total. The molecule has 0 aromatic heterocycles. The van der Waals surface area contributed by atoms with Crippen molar-refractivity contribution in [2.45, 2.75) is 38.4 Å². The predicted molar refractivity (Wildman–Crippen MR) is 69.2 cm³/mol. The number of carbonyl (C=O) groups excluding carboxylic acids is 1. The van der Waals surface area contributed by atoms with E-state index >= 15 is 0 Å². The van der Waals surface area contributed by atoms with Crippen LogP contribution in [0.25, 0.3) is 0 Å². The predicted octanol–water partition coefficient (Wildman–Crippen LogP) is 1.90. The molecule has 1 saturated heterocycles. The second-order valence-electron chi connectivity index (χ2n) is 4.57. The Labute approximate surface area is 112 Å². The van der Waals surface area contributed by atoms with E-state index in [1.54, 1.807) is 18.2 Å². The van der Waals surface area contributed by atoms with Crippen LogP contribution in [0.15, 0.2) is 24.3 Å². The number of rotatable bonds is 5. The zero-order valence-electron chi connectivity index (χ0n) is 10.8. The van der Waals surface area contributed by atoms with Crippen molar-refractivity contribution in [1.82, 2.24) is 5.48 Å². The van der Waals surface area contributed by atoms with Gasteiger partial charge in [-0.25, -0.2) is 10.3 Å². The first kappa shape index (κ1) is 13.8. The Balaban J connectivity index is 1.68. The molecule has 1 heterocycles. The summed E-state index contributed by atoms with van der Waals surface area (Å²) in [7, 11) is 0. The monoisotopic (exact) mass is 265 g/mol. The Morgan fingerprint density at radius 3 is 3.00 bits per heavy atom. The fraction of sp³-hybridized carbons (Fsp3) is 0.500. The molecule has 1 atom stereocenters. The van der Waals surface area contributed by atoms with Crippen LogP contribution in [-0.2, 0) is 20.8 Å². The van der Waals surface area contributed by atoms with Crippen LogP contribution in [0.1, 0.15) is 31.2 Å². The fourth-order valence-electron chi connectivity index (χ4n) is 1.96. The first-order chi connectivity index (χ1) is 9.25. The zero-order valence-corrected chi connectivity index (χ0v) is 10.8. The van der Waals surface area contributed by atoms with Crippen molar-refractivity contribution in [3.63, 3.8) is 0 Å². The maximum absolute atomic E-state index is 11.6. The minimum atomic E-state index is -0.331. The standard InChI is InChI=1S/C14H19NO4/c16-12-6-2-1-5-11(12)8-9-13(17)15-19-14-7-3-4-10-18-14/h1-2,5-6,14,16H,3-4,7-10H2,(H,15,17)/t14-/m1/s1. The molecular formula is C14H19NO4. The van der Waals surface area contributed by atoms with Gasteiger partial charge in [0, 0.05) is 19.4 Å². The van der Waals surface area contributed by atoms with Gasteiger partial charge in [-0.1, -0.05) is 18.2 Å². The number of aromatic hydroxyl groups is 1. The van der Waals surface area contributed by atoms with Gasteiger partial charge in [-0.2, -0.15) is 0 Å². The molecule has 1 amide bonds. The number of benzene rings is 1. The lowest BCUT2D eigenvalue weighted by atomic mass is 10.1. The third-order valence-corrected chi connectivity index (χ3v) is 3.06. The molecule has 0 saturated carbocycles. The summed E-state index contributed by atoms with van der Waals surface area (Å²) in [4.78, 5) is 16.8. The highest BCUT2D eigenvalue weighted by Gasteiger charge is 2.15. The molecule has 0 bridgehead atoms. The lowest BCUT2D eigenvalue weighted by Crippen LogP contribution is -2.33. The summed E-state index contributed by atoms with van der Waals surface area (Å²) in [6.45, 7) is 0.679. The number of hydroxylamine groups is 1. The summed E-state index contributed by atoms with van der Waals surface area (Å²) >= 11 is 0. The lowest BCUT2D eigenvalue weighted by Gasteiger charge is -2.22. The Morgan fingerprint density at radius 1 is 1.42 bits per heavy atom. The molecule has 1 aromatic rings. The fourth-order valence-corrected chi connectivity index (χ4v) is 1.96.